The number of furan rings is 1. The summed E-state index contributed by atoms with van der Waals surface area (Å²) < 4.78 is 8.47. The second kappa shape index (κ2) is 11.7. The van der Waals surface area contributed by atoms with Gasteiger partial charge in [0.25, 0.3) is 0 Å². The number of carbonyl (C=O) groups excluding carboxylic acids is 1. The molecule has 0 saturated carbocycles. The van der Waals surface area contributed by atoms with Crippen molar-refractivity contribution in [3.63, 3.8) is 0 Å². The summed E-state index contributed by atoms with van der Waals surface area (Å²) in [6.07, 6.45) is 1.17. The van der Waals surface area contributed by atoms with Crippen molar-refractivity contribution >= 4 is 62.7 Å². The Labute approximate surface area is 255 Å². The van der Waals surface area contributed by atoms with Gasteiger partial charge in [0.05, 0.1) is 19.4 Å². The molecule has 6 aromatic rings. The van der Waals surface area contributed by atoms with E-state index >= 15 is 0 Å². The topological polar surface area (TPSA) is 54.3 Å². The van der Waals surface area contributed by atoms with Gasteiger partial charge in [0.2, 0.25) is 0 Å². The number of aliphatic hydroxyl groups is 1. The van der Waals surface area contributed by atoms with Crippen molar-refractivity contribution in [1.29, 1.82) is 0 Å². The molecule has 41 heavy (non-hydrogen) atoms. The number of hydrogen-bond donors (Lipinski definition) is 1. The minimum Gasteiger partial charge on any atom is -0.512 e. The van der Waals surface area contributed by atoms with Gasteiger partial charge < -0.3 is 14.1 Å². The van der Waals surface area contributed by atoms with E-state index < -0.39 is 8.07 Å². The Hall–Kier alpha value is -3.70. The number of carbonyl (C=O) groups is 1. The maximum atomic E-state index is 10.0. The molecule has 2 heterocycles. The van der Waals surface area contributed by atoms with Gasteiger partial charge in [-0.05, 0) is 53.8 Å². The van der Waals surface area contributed by atoms with Crippen LogP contribution in [0.4, 0.5) is 0 Å². The van der Waals surface area contributed by atoms with Crippen LogP contribution in [-0.2, 0) is 24.9 Å². The first kappa shape index (κ1) is 30.3. The number of aliphatic hydroxyl groups excluding tert-OH is 1. The molecule has 1 radical (unpaired) electrons. The van der Waals surface area contributed by atoms with Crippen LogP contribution in [0.5, 0.6) is 0 Å². The third-order valence-electron chi connectivity index (χ3n) is 7.06. The van der Waals surface area contributed by atoms with Gasteiger partial charge in [0.1, 0.15) is 16.8 Å². The van der Waals surface area contributed by atoms with E-state index in [4.69, 9.17) is 9.52 Å². The predicted molar refractivity (Wildman–Crippen MR) is 169 cm³/mol. The van der Waals surface area contributed by atoms with Crippen LogP contribution in [0.25, 0.3) is 54.9 Å². The third kappa shape index (κ3) is 5.87. The molecule has 6 rings (SSSR count). The molecule has 0 unspecified atom stereocenters. The molecule has 1 N–H and O–H groups in total. The number of fused-ring (bicyclic) bond motifs is 6. The first-order valence-corrected chi connectivity index (χ1v) is 16.9. The maximum Gasteiger partial charge on any atom is 0.155 e. The zero-order chi connectivity index (χ0) is 28.8. The minimum atomic E-state index is -1.70. The molecule has 6 heteroatoms. The van der Waals surface area contributed by atoms with Crippen LogP contribution < -0.4 is 9.75 Å². The van der Waals surface area contributed by atoms with Crippen molar-refractivity contribution in [1.82, 2.24) is 0 Å². The average molecular weight is 737 g/mol. The van der Waals surface area contributed by atoms with E-state index in [0.29, 0.717) is 0 Å². The SMILES string of the molecule is CC(=O)/C=C(/C)O.[CH2-][n+]1c(-c2[c-]c(C)cc3c2oc2ccccc23)cc([Si](C)(C)C)c2c3ccccc3ccc21.[Ir]. The number of benzene rings is 4. The molecule has 0 amide bonds. The summed E-state index contributed by atoms with van der Waals surface area (Å²) in [5.74, 6) is -0.0625. The maximum absolute atomic E-state index is 10.0. The fourth-order valence-electron chi connectivity index (χ4n) is 5.36. The van der Waals surface area contributed by atoms with Crippen LogP contribution in [0.15, 0.2) is 89.0 Å². The number of allylic oxidation sites excluding steroid dienone is 2. The molecule has 0 aliphatic rings. The molecule has 0 aliphatic heterocycles. The Morgan fingerprint density at radius 2 is 1.61 bits per heavy atom. The smallest absolute Gasteiger partial charge is 0.155 e. The van der Waals surface area contributed by atoms with Gasteiger partial charge in [-0.2, -0.15) is 0 Å². The fraction of sp³-hybridized carbons (Fsp3) is 0.171. The number of para-hydroxylation sites is 1. The zero-order valence-electron chi connectivity index (χ0n) is 24.3. The summed E-state index contributed by atoms with van der Waals surface area (Å²) in [6.45, 7) is 12.2. The van der Waals surface area contributed by atoms with Gasteiger partial charge in [-0.25, -0.2) is 0 Å². The standard InChI is InChI=1S/C30H26NOSi.C5H8O2.Ir/c1-19-16-23-22-12-8-9-13-27(22)32-30(23)24(17-19)26-18-28(33(3,4)5)29-21-11-7-6-10-20(21)14-15-25(29)31(26)2;1-4(6)3-5(2)7;/h6-16,18H,2H2,1,3-5H3;3,6H,1-2H3;/q-1;;/b;4-3-;. The molecule has 0 saturated heterocycles. The van der Waals surface area contributed by atoms with Gasteiger partial charge in [-0.15, -0.1) is 17.7 Å². The zero-order valence-corrected chi connectivity index (χ0v) is 27.7. The molecule has 211 valence electrons. The first-order chi connectivity index (χ1) is 19.0. The molecule has 0 spiro atoms. The van der Waals surface area contributed by atoms with E-state index in [-0.39, 0.29) is 31.6 Å². The second-order valence-corrected chi connectivity index (χ2v) is 16.4. The number of aryl methyl sites for hydroxylation is 1. The molecule has 0 bridgehead atoms. The molecule has 4 nitrogen and oxygen atoms in total. The van der Waals surface area contributed by atoms with Crippen molar-refractivity contribution in [2.75, 3.05) is 0 Å². The monoisotopic (exact) mass is 737 g/mol. The normalized spacial score (nSPS) is 11.9. The van der Waals surface area contributed by atoms with Gasteiger partial charge in [0, 0.05) is 38.6 Å². The molecule has 0 atom stereocenters. The Morgan fingerprint density at radius 3 is 2.24 bits per heavy atom. The van der Waals surface area contributed by atoms with Crippen molar-refractivity contribution in [2.45, 2.75) is 40.4 Å². The van der Waals surface area contributed by atoms with Crippen molar-refractivity contribution in [3.8, 4) is 11.3 Å². The quantitative estimate of drug-likeness (QED) is 0.0499. The van der Waals surface area contributed by atoms with Crippen LogP contribution >= 0.6 is 0 Å². The molecular formula is C35H34IrNO3Si-. The number of pyridine rings is 1. The van der Waals surface area contributed by atoms with Crippen LogP contribution in [0.2, 0.25) is 19.6 Å². The molecule has 0 fully saturated rings. The van der Waals surface area contributed by atoms with E-state index in [1.807, 2.05) is 12.1 Å². The Kier molecular flexibility index (Phi) is 8.60. The Balaban J connectivity index is 0.000000434. The number of rotatable bonds is 3. The van der Waals surface area contributed by atoms with Crippen molar-refractivity contribution in [3.05, 3.63) is 103 Å². The average Bonchev–Trinajstić information content (AvgIpc) is 3.26. The van der Waals surface area contributed by atoms with Gasteiger partial charge in [0.15, 0.2) is 5.78 Å². The van der Waals surface area contributed by atoms with E-state index in [1.54, 1.807) is 0 Å². The summed E-state index contributed by atoms with van der Waals surface area (Å²) in [5.41, 5.74) is 6.04. The third-order valence-corrected chi connectivity index (χ3v) is 9.07. The van der Waals surface area contributed by atoms with Crippen LogP contribution in [-0.4, -0.2) is 19.0 Å². The van der Waals surface area contributed by atoms with E-state index in [9.17, 15) is 4.79 Å². The Morgan fingerprint density at radius 1 is 0.951 bits per heavy atom. The number of ketones is 1. The Bertz CT molecular complexity index is 1960. The van der Waals surface area contributed by atoms with Crippen molar-refractivity contribution < 1.29 is 39.0 Å². The van der Waals surface area contributed by atoms with E-state index in [0.717, 1.165) is 44.3 Å². The molecule has 0 aliphatic carbocycles. The summed E-state index contributed by atoms with van der Waals surface area (Å²) in [5, 5.41) is 15.9. The number of nitrogens with zero attached hydrogens (tertiary/aromatic N) is 1. The molecular weight excluding hydrogens is 703 g/mol. The van der Waals surface area contributed by atoms with E-state index in [2.05, 4.69) is 105 Å². The first-order valence-electron chi connectivity index (χ1n) is 13.4. The molecule has 4 aromatic carbocycles. The van der Waals surface area contributed by atoms with Crippen molar-refractivity contribution in [2.24, 2.45) is 0 Å². The van der Waals surface area contributed by atoms with Gasteiger partial charge >= 0.3 is 0 Å². The van der Waals surface area contributed by atoms with Crippen LogP contribution in [0, 0.1) is 20.0 Å². The largest absolute Gasteiger partial charge is 0.512 e. The second-order valence-electron chi connectivity index (χ2n) is 11.4. The fourth-order valence-corrected chi connectivity index (χ4v) is 6.94. The van der Waals surface area contributed by atoms with Crippen LogP contribution in [0.3, 0.4) is 0 Å². The summed E-state index contributed by atoms with van der Waals surface area (Å²) in [4.78, 5) is 10.0. The summed E-state index contributed by atoms with van der Waals surface area (Å²) in [6, 6.07) is 29.5. The van der Waals surface area contributed by atoms with E-state index in [1.165, 1.54) is 41.3 Å². The van der Waals surface area contributed by atoms with Gasteiger partial charge in [-0.3, -0.25) is 4.79 Å². The predicted octanol–water partition coefficient (Wildman–Crippen LogP) is 8.18. The van der Waals surface area contributed by atoms with Gasteiger partial charge in [-0.1, -0.05) is 85.7 Å². The number of hydrogen-bond acceptors (Lipinski definition) is 3. The summed E-state index contributed by atoms with van der Waals surface area (Å²) >= 11 is 0. The van der Waals surface area contributed by atoms with Crippen LogP contribution in [0.1, 0.15) is 19.4 Å². The molecule has 2 aromatic heterocycles. The minimum absolute atomic E-state index is 0. The number of aromatic nitrogens is 1. The summed E-state index contributed by atoms with van der Waals surface area (Å²) in [7, 11) is 2.82.